The summed E-state index contributed by atoms with van der Waals surface area (Å²) >= 11 is 0. The minimum Gasteiger partial charge on any atom is -1.00 e. The third kappa shape index (κ3) is 16100. The number of quaternary nitrogens is 2. The lowest BCUT2D eigenvalue weighted by Crippen LogP contribution is -3.00. The van der Waals surface area contributed by atoms with E-state index < -0.39 is 0 Å². The Balaban J connectivity index is -0.0000000128. The van der Waals surface area contributed by atoms with Gasteiger partial charge in [-0.3, -0.25) is 0 Å². The van der Waals surface area contributed by atoms with Crippen molar-refractivity contribution in [2.45, 2.75) is 0 Å². The van der Waals surface area contributed by atoms with Crippen molar-refractivity contribution in [1.29, 1.82) is 0 Å². The Labute approximate surface area is 92.1 Å². The molecule has 0 rings (SSSR count). The molecule has 0 fully saturated rings. The summed E-state index contributed by atoms with van der Waals surface area (Å²) < 4.78 is 2.00. The van der Waals surface area contributed by atoms with E-state index in [4.69, 9.17) is 0 Å². The third-order valence-corrected chi connectivity index (χ3v) is 0. The van der Waals surface area contributed by atoms with Gasteiger partial charge in [-0.1, -0.05) is 0 Å². The molecule has 0 aliphatic carbocycles. The van der Waals surface area contributed by atoms with Crippen LogP contribution in [0.3, 0.4) is 0 Å². The predicted molar refractivity (Wildman–Crippen MR) is 58.8 cm³/mol. The molecule has 0 radical (unpaired) electrons. The lowest BCUT2D eigenvalue weighted by atomic mass is 10.8. The fraction of sp³-hybridized carbons (Fsp3) is 1.00. The molecule has 0 saturated heterocycles. The molecule has 0 aliphatic rings. The molecule has 15 heavy (non-hydrogen) atoms. The Bertz CT molecular complexity index is 68.9. The smallest absolute Gasteiger partial charge is 0.0675 e. The van der Waals surface area contributed by atoms with Gasteiger partial charge in [-0.05, 0) is 0 Å². The maximum Gasteiger partial charge on any atom is 0.0675 e. The largest absolute Gasteiger partial charge is 1.00 e. The highest BCUT2D eigenvalue weighted by atomic mass is 19.0. The first kappa shape index (κ1) is 46.6. The van der Waals surface area contributed by atoms with E-state index in [1.165, 1.54) is 0 Å². The molecule has 0 saturated carbocycles. The summed E-state index contributed by atoms with van der Waals surface area (Å²) in [6, 6.07) is 0. The second-order valence-electron chi connectivity index (χ2n) is 5.37. The minimum atomic E-state index is 0. The molecule has 7 heteroatoms. The molecule has 0 amide bonds. The van der Waals surface area contributed by atoms with Gasteiger partial charge in [-0.15, -0.1) is 0 Å². The van der Waals surface area contributed by atoms with Crippen LogP contribution in [0.1, 0.15) is 0 Å². The minimum absolute atomic E-state index is 0. The van der Waals surface area contributed by atoms with Crippen LogP contribution in [0.25, 0.3) is 0 Å². The van der Waals surface area contributed by atoms with Crippen molar-refractivity contribution < 1.29 is 34.8 Å². The highest BCUT2D eigenvalue weighted by Gasteiger charge is 1.88. The molecule has 0 aromatic rings. The van der Waals surface area contributed by atoms with Crippen LogP contribution in [0.15, 0.2) is 0 Å². The number of hydrogen-bond acceptors (Lipinski definition) is 0. The predicted octanol–water partition coefficient (Wildman–Crippen LogP) is -7.82. The monoisotopic (exact) mass is 240 g/mol. The molecular weight excluding hydrogens is 210 g/mol. The summed E-state index contributed by atoms with van der Waals surface area (Å²) in [4.78, 5) is 0. The summed E-state index contributed by atoms with van der Waals surface area (Å²) in [7, 11) is 17.0. The van der Waals surface area contributed by atoms with Gasteiger partial charge in [0.2, 0.25) is 0 Å². The van der Waals surface area contributed by atoms with E-state index in [0.29, 0.717) is 0 Å². The number of hydrogen-bond donors (Lipinski definition) is 0. The van der Waals surface area contributed by atoms with Crippen LogP contribution in [-0.2, 0) is 0 Å². The highest BCUT2D eigenvalue weighted by molar-refractivity contribution is 3.87. The summed E-state index contributed by atoms with van der Waals surface area (Å²) in [6.07, 6.45) is 0. The molecule has 0 spiro atoms. The van der Waals surface area contributed by atoms with E-state index in [9.17, 15) is 0 Å². The Kier molecular flexibility index (Phi) is 50.1. The zero-order valence-electron chi connectivity index (χ0n) is 11.2. The molecule has 0 bridgehead atoms. The van der Waals surface area contributed by atoms with Crippen molar-refractivity contribution >= 4 is 0 Å². The van der Waals surface area contributed by atoms with Crippen molar-refractivity contribution in [3.63, 3.8) is 0 Å². The van der Waals surface area contributed by atoms with Crippen molar-refractivity contribution in [3.05, 3.63) is 0 Å². The fourth-order valence-corrected chi connectivity index (χ4v) is 0. The number of halogens is 2. The first-order chi connectivity index (χ1) is 4.00. The average molecular weight is 240 g/mol. The molecule has 0 aromatic carbocycles. The molecule has 6 N–H and O–H groups in total. The number of nitrogens with zero attached hydrogens (tertiary/aromatic N) is 2. The molecule has 0 heterocycles. The van der Waals surface area contributed by atoms with Crippen LogP contribution in [0.2, 0.25) is 0 Å². The van der Waals surface area contributed by atoms with Gasteiger partial charge >= 0.3 is 0 Å². The SMILES string of the molecule is C[N+](C)(C)C.C[N+](C)(C)C.O.O.O.[F-].[F-]. The van der Waals surface area contributed by atoms with Crippen molar-refractivity contribution in [2.75, 3.05) is 56.4 Å². The molecule has 0 aromatic heterocycles. The summed E-state index contributed by atoms with van der Waals surface area (Å²) in [5.41, 5.74) is 0. The lowest BCUT2D eigenvalue weighted by Gasteiger charge is -2.14. The first-order valence-corrected chi connectivity index (χ1v) is 3.58. The highest BCUT2D eigenvalue weighted by Crippen LogP contribution is 1.74. The van der Waals surface area contributed by atoms with Crippen LogP contribution >= 0.6 is 0 Å². The van der Waals surface area contributed by atoms with Crippen LogP contribution in [-0.4, -0.2) is 81.8 Å². The Hall–Kier alpha value is -0.340. The zero-order chi connectivity index (χ0) is 9.00. The normalized spacial score (nSPS) is 8.00. The Morgan fingerprint density at radius 3 is 0.400 bits per heavy atom. The van der Waals surface area contributed by atoms with Gasteiger partial charge in [0.1, 0.15) is 0 Å². The van der Waals surface area contributed by atoms with Crippen molar-refractivity contribution in [1.82, 2.24) is 0 Å². The van der Waals surface area contributed by atoms with Gasteiger partial charge in [0.05, 0.1) is 56.4 Å². The summed E-state index contributed by atoms with van der Waals surface area (Å²) in [5, 5.41) is 0. The van der Waals surface area contributed by atoms with Crippen LogP contribution in [0, 0.1) is 0 Å². The summed E-state index contributed by atoms with van der Waals surface area (Å²) in [6.45, 7) is 0. The molecule has 104 valence electrons. The standard InChI is InChI=1S/2C4H12N.2FH.3H2O/c2*1-5(2,3)4;;;;;/h2*1-4H3;2*1H;3*1H2/q2*+1;;;;;/p-2. The number of rotatable bonds is 0. The van der Waals surface area contributed by atoms with Gasteiger partial charge in [0.15, 0.2) is 0 Å². The maximum absolute atomic E-state index is 2.12. The average Bonchev–Trinajstić information content (AvgIpc) is 1.12. The lowest BCUT2D eigenvalue weighted by molar-refractivity contribution is -0.849. The van der Waals surface area contributed by atoms with E-state index in [0.717, 1.165) is 8.97 Å². The van der Waals surface area contributed by atoms with E-state index >= 15 is 0 Å². The van der Waals surface area contributed by atoms with Crippen molar-refractivity contribution in [3.8, 4) is 0 Å². The molecule has 0 atom stereocenters. The third-order valence-electron chi connectivity index (χ3n) is 0. The van der Waals surface area contributed by atoms with E-state index in [1.54, 1.807) is 0 Å². The van der Waals surface area contributed by atoms with Gasteiger partial charge < -0.3 is 34.8 Å². The van der Waals surface area contributed by atoms with E-state index in [1.807, 2.05) is 0 Å². The van der Waals surface area contributed by atoms with Crippen molar-refractivity contribution in [2.24, 2.45) is 0 Å². The Morgan fingerprint density at radius 2 is 0.400 bits per heavy atom. The quantitative estimate of drug-likeness (QED) is 0.376. The Morgan fingerprint density at radius 1 is 0.400 bits per heavy atom. The second-order valence-corrected chi connectivity index (χ2v) is 5.37. The van der Waals surface area contributed by atoms with E-state index in [2.05, 4.69) is 56.4 Å². The van der Waals surface area contributed by atoms with Gasteiger partial charge in [-0.2, -0.15) is 0 Å². The van der Waals surface area contributed by atoms with Crippen LogP contribution in [0.4, 0.5) is 0 Å². The molecule has 0 unspecified atom stereocenters. The zero-order valence-corrected chi connectivity index (χ0v) is 11.2. The maximum atomic E-state index is 2.12. The topological polar surface area (TPSA) is 94.5 Å². The van der Waals surface area contributed by atoms with Gasteiger partial charge in [0.25, 0.3) is 0 Å². The van der Waals surface area contributed by atoms with E-state index in [-0.39, 0.29) is 25.8 Å². The summed E-state index contributed by atoms with van der Waals surface area (Å²) in [5.74, 6) is 0. The molecule has 0 aliphatic heterocycles. The molecule has 5 nitrogen and oxygen atoms in total. The van der Waals surface area contributed by atoms with Gasteiger partial charge in [0, 0.05) is 0 Å². The van der Waals surface area contributed by atoms with Gasteiger partial charge in [-0.25, -0.2) is 0 Å². The van der Waals surface area contributed by atoms with Crippen LogP contribution in [0.5, 0.6) is 0 Å². The molecular formula is C8H30F2N2O3. The van der Waals surface area contributed by atoms with Crippen LogP contribution < -0.4 is 9.41 Å². The fourth-order valence-electron chi connectivity index (χ4n) is 0. The second kappa shape index (κ2) is 16.1. The first-order valence-electron chi connectivity index (χ1n) is 3.58.